The number of nitrogens with zero attached hydrogens (tertiary/aromatic N) is 6. The Balaban J connectivity index is 1.38. The van der Waals surface area contributed by atoms with Crippen LogP contribution >= 0.6 is 0 Å². The highest BCUT2D eigenvalue weighted by atomic mass is 19.1. The number of rotatable bonds is 2. The second-order valence-electron chi connectivity index (χ2n) is 7.48. The van der Waals surface area contributed by atoms with Crippen LogP contribution in [-0.2, 0) is 0 Å². The number of hydrogen-bond acceptors (Lipinski definition) is 7. The van der Waals surface area contributed by atoms with E-state index in [1.54, 1.807) is 12.1 Å². The summed E-state index contributed by atoms with van der Waals surface area (Å²) in [5.41, 5.74) is 3.96. The highest BCUT2D eigenvalue weighted by molar-refractivity contribution is 6.08. The molecule has 1 fully saturated rings. The lowest BCUT2D eigenvalue weighted by atomic mass is 9.80. The summed E-state index contributed by atoms with van der Waals surface area (Å²) in [6.07, 6.45) is 8.61. The molecule has 142 valence electrons. The van der Waals surface area contributed by atoms with Crippen LogP contribution in [0, 0.1) is 11.7 Å². The third-order valence-corrected chi connectivity index (χ3v) is 5.96. The van der Waals surface area contributed by atoms with E-state index in [4.69, 9.17) is 4.52 Å². The van der Waals surface area contributed by atoms with Gasteiger partial charge in [0.25, 0.3) is 5.89 Å². The summed E-state index contributed by atoms with van der Waals surface area (Å²) in [7, 11) is 0. The summed E-state index contributed by atoms with van der Waals surface area (Å²) < 4.78 is 20.8. The van der Waals surface area contributed by atoms with Crippen molar-refractivity contribution in [3.8, 4) is 11.5 Å². The van der Waals surface area contributed by atoms with Crippen LogP contribution in [0.5, 0.6) is 0 Å². The van der Waals surface area contributed by atoms with Gasteiger partial charge in [0.05, 0.1) is 12.5 Å². The molecule has 0 bridgehead atoms. The molecule has 1 saturated carbocycles. The van der Waals surface area contributed by atoms with Crippen LogP contribution < -0.4 is 10.3 Å². The Labute approximate surface area is 160 Å². The Morgan fingerprint density at radius 1 is 1.14 bits per heavy atom. The van der Waals surface area contributed by atoms with E-state index in [-0.39, 0.29) is 12.0 Å². The molecular formula is C19H18FN7O. The van der Waals surface area contributed by atoms with Crippen molar-refractivity contribution in [3.05, 3.63) is 48.4 Å². The molecule has 0 radical (unpaired) electrons. The molecule has 3 aliphatic rings. The number of hydrazone groups is 1. The van der Waals surface area contributed by atoms with Crippen molar-refractivity contribution < 1.29 is 8.91 Å². The van der Waals surface area contributed by atoms with Gasteiger partial charge < -0.3 is 9.09 Å². The molecule has 2 aromatic heterocycles. The summed E-state index contributed by atoms with van der Waals surface area (Å²) in [4.78, 5) is 11.0. The van der Waals surface area contributed by atoms with Gasteiger partial charge >= 0.3 is 0 Å². The predicted molar refractivity (Wildman–Crippen MR) is 98.9 cm³/mol. The Morgan fingerprint density at radius 2 is 2.00 bits per heavy atom. The first-order valence-electron chi connectivity index (χ1n) is 9.54. The molecule has 3 atom stereocenters. The maximum absolute atomic E-state index is 13.2. The van der Waals surface area contributed by atoms with E-state index in [1.165, 1.54) is 25.0 Å². The fourth-order valence-corrected chi connectivity index (χ4v) is 4.68. The van der Waals surface area contributed by atoms with Gasteiger partial charge in [0.15, 0.2) is 0 Å². The van der Waals surface area contributed by atoms with Crippen molar-refractivity contribution in [1.82, 2.24) is 25.1 Å². The molecule has 28 heavy (non-hydrogen) atoms. The fourth-order valence-electron chi connectivity index (χ4n) is 4.68. The molecule has 1 aliphatic carbocycles. The van der Waals surface area contributed by atoms with E-state index in [9.17, 15) is 4.39 Å². The first-order valence-corrected chi connectivity index (χ1v) is 9.54. The maximum atomic E-state index is 13.2. The van der Waals surface area contributed by atoms with Crippen molar-refractivity contribution in [1.29, 1.82) is 0 Å². The largest absolute Gasteiger partial charge is 0.334 e. The Bertz CT molecular complexity index is 1060. The van der Waals surface area contributed by atoms with Crippen molar-refractivity contribution >= 4 is 11.7 Å². The molecule has 3 aromatic rings. The van der Waals surface area contributed by atoms with Crippen LogP contribution in [0.25, 0.3) is 11.5 Å². The van der Waals surface area contributed by atoms with Crippen molar-refractivity contribution in [2.75, 3.05) is 4.90 Å². The van der Waals surface area contributed by atoms with E-state index in [1.807, 2.05) is 12.5 Å². The molecule has 0 spiro atoms. The quantitative estimate of drug-likeness (QED) is 0.737. The van der Waals surface area contributed by atoms with Crippen LogP contribution in [0.1, 0.15) is 37.5 Å². The highest BCUT2D eigenvalue weighted by Crippen LogP contribution is 2.45. The third kappa shape index (κ3) is 2.22. The number of hydrogen-bond donors (Lipinski definition) is 1. The number of aromatic nitrogens is 4. The fraction of sp³-hybridized carbons (Fsp3) is 0.368. The molecular weight excluding hydrogens is 361 g/mol. The molecule has 6 rings (SSSR count). The van der Waals surface area contributed by atoms with Crippen molar-refractivity contribution in [2.45, 2.75) is 37.9 Å². The van der Waals surface area contributed by atoms with Gasteiger partial charge in [0.1, 0.15) is 17.8 Å². The minimum atomic E-state index is -0.306. The van der Waals surface area contributed by atoms with Crippen LogP contribution in [0.3, 0.4) is 0 Å². The second-order valence-corrected chi connectivity index (χ2v) is 7.48. The van der Waals surface area contributed by atoms with Crippen LogP contribution in [0.15, 0.2) is 46.4 Å². The van der Waals surface area contributed by atoms with Gasteiger partial charge in [-0.05, 0) is 37.1 Å². The van der Waals surface area contributed by atoms with Crippen LogP contribution in [0.4, 0.5) is 10.2 Å². The van der Waals surface area contributed by atoms with Crippen LogP contribution in [-0.4, -0.2) is 31.7 Å². The van der Waals surface area contributed by atoms with Gasteiger partial charge in [-0.25, -0.2) is 9.37 Å². The smallest absolute Gasteiger partial charge is 0.258 e. The highest BCUT2D eigenvalue weighted by Gasteiger charge is 2.47. The summed E-state index contributed by atoms with van der Waals surface area (Å²) in [5.74, 6) is 2.48. The summed E-state index contributed by atoms with van der Waals surface area (Å²) >= 11 is 0. The van der Waals surface area contributed by atoms with E-state index in [0.717, 1.165) is 18.7 Å². The van der Waals surface area contributed by atoms with Gasteiger partial charge in [0.2, 0.25) is 11.7 Å². The van der Waals surface area contributed by atoms with E-state index in [0.29, 0.717) is 35.1 Å². The summed E-state index contributed by atoms with van der Waals surface area (Å²) in [6, 6.07) is 6.42. The molecule has 4 heterocycles. The van der Waals surface area contributed by atoms with Gasteiger partial charge in [-0.2, -0.15) is 10.1 Å². The maximum Gasteiger partial charge on any atom is 0.258 e. The monoisotopic (exact) mass is 379 g/mol. The molecule has 9 heteroatoms. The summed E-state index contributed by atoms with van der Waals surface area (Å²) in [5, 5.41) is 8.67. The minimum absolute atomic E-state index is 0.0669. The van der Waals surface area contributed by atoms with Gasteiger partial charge in [-0.3, -0.25) is 10.3 Å². The number of nitrogens with one attached hydrogen (secondary N) is 1. The number of halogens is 1. The van der Waals surface area contributed by atoms with Gasteiger partial charge in [-0.1, -0.05) is 18.0 Å². The van der Waals surface area contributed by atoms with Crippen LogP contribution in [0.2, 0.25) is 0 Å². The topological polar surface area (TPSA) is 84.4 Å². The SMILES string of the molecule is Fc1ccc(-c2nc(C3=NNC4C5CCCCC5n5cncc5N34)no2)cc1. The molecule has 3 unspecified atom stereocenters. The minimum Gasteiger partial charge on any atom is -0.334 e. The molecule has 1 aromatic carbocycles. The number of imidazole rings is 1. The van der Waals surface area contributed by atoms with Gasteiger partial charge in [0, 0.05) is 17.5 Å². The zero-order valence-electron chi connectivity index (χ0n) is 15.0. The lowest BCUT2D eigenvalue weighted by molar-refractivity contribution is 0.176. The van der Waals surface area contributed by atoms with Crippen molar-refractivity contribution in [3.63, 3.8) is 0 Å². The first kappa shape index (κ1) is 15.8. The molecule has 0 saturated heterocycles. The van der Waals surface area contributed by atoms with E-state index < -0.39 is 0 Å². The predicted octanol–water partition coefficient (Wildman–Crippen LogP) is 2.91. The average Bonchev–Trinajstić information content (AvgIpc) is 3.46. The number of fused-ring (bicyclic) bond motifs is 6. The van der Waals surface area contributed by atoms with Crippen molar-refractivity contribution in [2.24, 2.45) is 11.0 Å². The molecule has 2 aliphatic heterocycles. The average molecular weight is 379 g/mol. The second kappa shape index (κ2) is 5.88. The molecule has 0 amide bonds. The van der Waals surface area contributed by atoms with E-state index in [2.05, 4.69) is 35.1 Å². The Hall–Kier alpha value is -3.23. The zero-order chi connectivity index (χ0) is 18.7. The Morgan fingerprint density at radius 3 is 2.89 bits per heavy atom. The van der Waals surface area contributed by atoms with E-state index >= 15 is 0 Å². The lowest BCUT2D eigenvalue weighted by Crippen LogP contribution is -2.53. The number of anilines is 1. The summed E-state index contributed by atoms with van der Waals surface area (Å²) in [6.45, 7) is 0. The zero-order valence-corrected chi connectivity index (χ0v) is 15.0. The standard InChI is InChI=1S/C19H18FN7O/c20-12-7-5-11(6-8-12)19-22-16(25-28-19)18-24-23-17-13-3-1-2-4-14(13)26-10-21-9-15(26)27(17)18/h5-10,13-14,17,23H,1-4H2. The number of amidine groups is 1. The van der Waals surface area contributed by atoms with Gasteiger partial charge in [-0.15, -0.1) is 0 Å². The Kier molecular flexibility index (Phi) is 3.32. The molecule has 1 N–H and O–H groups in total. The lowest BCUT2D eigenvalue weighted by Gasteiger charge is -2.45. The number of benzene rings is 1. The molecule has 8 nitrogen and oxygen atoms in total. The first-order chi connectivity index (χ1) is 13.8. The normalized spacial score (nSPS) is 25.5. The third-order valence-electron chi connectivity index (χ3n) is 5.96.